The van der Waals surface area contributed by atoms with E-state index in [1.807, 2.05) is 36.4 Å². The van der Waals surface area contributed by atoms with E-state index in [0.717, 1.165) is 56.9 Å². The number of hydrogen-bond acceptors (Lipinski definition) is 4. The Hall–Kier alpha value is -3.08. The zero-order valence-corrected chi connectivity index (χ0v) is 19.2. The fourth-order valence-corrected chi connectivity index (χ4v) is 5.76. The number of benzene rings is 2. The van der Waals surface area contributed by atoms with E-state index in [-0.39, 0.29) is 17.4 Å². The molecule has 1 N–H and O–H groups in total. The number of carbonyl (C=O) groups excluding carboxylic acids is 2. The highest BCUT2D eigenvalue weighted by Crippen LogP contribution is 2.43. The molecular formula is C28H31NO4. The van der Waals surface area contributed by atoms with E-state index in [1.165, 1.54) is 17.5 Å². The zero-order chi connectivity index (χ0) is 22.9. The number of carbonyl (C=O) groups is 2. The average Bonchev–Trinajstić information content (AvgIpc) is 3.14. The van der Waals surface area contributed by atoms with Crippen LogP contribution in [-0.2, 0) is 22.4 Å². The molecule has 5 rings (SSSR count). The van der Waals surface area contributed by atoms with Crippen LogP contribution in [0.25, 0.3) is 5.76 Å². The number of hydrogen-bond donors (Lipinski definition) is 1. The predicted molar refractivity (Wildman–Crippen MR) is 127 cm³/mol. The van der Waals surface area contributed by atoms with E-state index in [2.05, 4.69) is 6.07 Å². The van der Waals surface area contributed by atoms with Gasteiger partial charge >= 0.3 is 0 Å². The van der Waals surface area contributed by atoms with Crippen molar-refractivity contribution in [3.63, 3.8) is 0 Å². The van der Waals surface area contributed by atoms with Crippen LogP contribution in [-0.4, -0.2) is 34.8 Å². The lowest BCUT2D eigenvalue weighted by Crippen LogP contribution is -2.40. The van der Waals surface area contributed by atoms with Crippen LogP contribution in [0.4, 0.5) is 0 Å². The van der Waals surface area contributed by atoms with Crippen LogP contribution >= 0.6 is 0 Å². The molecule has 1 atom stereocenters. The van der Waals surface area contributed by atoms with Gasteiger partial charge in [-0.05, 0) is 73.4 Å². The predicted octanol–water partition coefficient (Wildman–Crippen LogP) is 5.33. The number of fused-ring (bicyclic) bond motifs is 1. The van der Waals surface area contributed by atoms with Gasteiger partial charge in [-0.1, -0.05) is 43.5 Å². The fraction of sp³-hybridized carbons (Fsp3) is 0.429. The number of likely N-dealkylation sites (tertiary alicyclic amines) is 1. The molecule has 0 aromatic heterocycles. The SMILES string of the molecule is COc1cccc(C2/C(=C(/O)c3ccc4c(c3)CCCC4)C(=O)C(=O)N2C2CCCCC2)c1. The topological polar surface area (TPSA) is 66.8 Å². The zero-order valence-electron chi connectivity index (χ0n) is 19.2. The molecule has 2 aromatic rings. The van der Waals surface area contributed by atoms with Crippen molar-refractivity contribution in [2.75, 3.05) is 7.11 Å². The smallest absolute Gasteiger partial charge is 0.295 e. The first-order valence-electron chi connectivity index (χ1n) is 12.1. The summed E-state index contributed by atoms with van der Waals surface area (Å²) in [6.07, 6.45) is 9.34. The summed E-state index contributed by atoms with van der Waals surface area (Å²) in [5, 5.41) is 11.4. The molecule has 0 radical (unpaired) electrons. The third-order valence-electron chi connectivity index (χ3n) is 7.48. The average molecular weight is 446 g/mol. The van der Waals surface area contributed by atoms with Gasteiger partial charge in [-0.25, -0.2) is 0 Å². The Bertz CT molecular complexity index is 1110. The lowest BCUT2D eigenvalue weighted by Gasteiger charge is -2.35. The molecule has 1 unspecified atom stereocenters. The summed E-state index contributed by atoms with van der Waals surface area (Å²) in [6, 6.07) is 12.8. The van der Waals surface area contributed by atoms with Gasteiger partial charge in [-0.2, -0.15) is 0 Å². The number of aliphatic hydroxyl groups is 1. The maximum absolute atomic E-state index is 13.4. The standard InChI is InChI=1S/C28H31NO4/c1-33-23-13-7-10-20(17-23)25-24(27(31)28(32)29(25)22-11-3-2-4-12-22)26(30)21-15-14-18-8-5-6-9-19(18)16-21/h7,10,13-17,22,25,30H,2-6,8-9,11-12H2,1H3/b26-24-. The van der Waals surface area contributed by atoms with Crippen LogP contribution in [0.1, 0.15) is 73.2 Å². The Kier molecular flexibility index (Phi) is 5.96. The van der Waals surface area contributed by atoms with Crippen LogP contribution in [0.3, 0.4) is 0 Å². The van der Waals surface area contributed by atoms with Crippen molar-refractivity contribution in [3.05, 3.63) is 70.3 Å². The monoisotopic (exact) mass is 445 g/mol. The Morgan fingerprint density at radius 3 is 2.45 bits per heavy atom. The molecule has 1 saturated heterocycles. The molecule has 172 valence electrons. The van der Waals surface area contributed by atoms with E-state index >= 15 is 0 Å². The van der Waals surface area contributed by atoms with Gasteiger partial charge in [0.2, 0.25) is 0 Å². The van der Waals surface area contributed by atoms with Crippen LogP contribution in [0, 0.1) is 0 Å². The Morgan fingerprint density at radius 2 is 1.70 bits per heavy atom. The first-order chi connectivity index (χ1) is 16.1. The van der Waals surface area contributed by atoms with Crippen LogP contribution in [0.2, 0.25) is 0 Å². The molecule has 5 nitrogen and oxygen atoms in total. The Morgan fingerprint density at radius 1 is 0.939 bits per heavy atom. The highest BCUT2D eigenvalue weighted by molar-refractivity contribution is 6.46. The van der Waals surface area contributed by atoms with Crippen molar-refractivity contribution in [3.8, 4) is 5.75 Å². The number of ether oxygens (including phenoxy) is 1. The number of aliphatic hydroxyl groups excluding tert-OH is 1. The van der Waals surface area contributed by atoms with Gasteiger partial charge in [0.15, 0.2) is 0 Å². The number of methoxy groups -OCH3 is 1. The third-order valence-corrected chi connectivity index (χ3v) is 7.48. The summed E-state index contributed by atoms with van der Waals surface area (Å²) < 4.78 is 5.42. The molecule has 1 aliphatic heterocycles. The maximum Gasteiger partial charge on any atom is 0.295 e. The molecule has 2 aromatic carbocycles. The number of ketones is 1. The van der Waals surface area contributed by atoms with Crippen molar-refractivity contribution in [2.45, 2.75) is 69.9 Å². The van der Waals surface area contributed by atoms with Crippen molar-refractivity contribution in [1.29, 1.82) is 0 Å². The van der Waals surface area contributed by atoms with Gasteiger partial charge in [-0.15, -0.1) is 0 Å². The largest absolute Gasteiger partial charge is 0.507 e. The number of aryl methyl sites for hydroxylation is 2. The minimum Gasteiger partial charge on any atom is -0.507 e. The molecule has 5 heteroatoms. The summed E-state index contributed by atoms with van der Waals surface area (Å²) in [7, 11) is 1.60. The number of nitrogens with zero attached hydrogens (tertiary/aromatic N) is 1. The van der Waals surface area contributed by atoms with Crippen molar-refractivity contribution < 1.29 is 19.4 Å². The van der Waals surface area contributed by atoms with Crippen LogP contribution < -0.4 is 4.74 Å². The molecule has 1 heterocycles. The summed E-state index contributed by atoms with van der Waals surface area (Å²) in [4.78, 5) is 28.4. The van der Waals surface area contributed by atoms with E-state index in [1.54, 1.807) is 12.0 Å². The number of amides is 1. The van der Waals surface area contributed by atoms with Crippen molar-refractivity contribution in [1.82, 2.24) is 4.90 Å². The van der Waals surface area contributed by atoms with Gasteiger partial charge in [0.25, 0.3) is 11.7 Å². The minimum absolute atomic E-state index is 0.000217. The summed E-state index contributed by atoms with van der Waals surface area (Å²) in [5.41, 5.74) is 4.13. The van der Waals surface area contributed by atoms with Gasteiger partial charge in [0.1, 0.15) is 11.5 Å². The number of rotatable bonds is 4. The van der Waals surface area contributed by atoms with Crippen molar-refractivity contribution >= 4 is 17.4 Å². The molecule has 33 heavy (non-hydrogen) atoms. The molecule has 2 aliphatic carbocycles. The molecule has 0 spiro atoms. The van der Waals surface area contributed by atoms with E-state index in [9.17, 15) is 14.7 Å². The molecule has 1 amide bonds. The third kappa shape index (κ3) is 3.94. The molecule has 2 fully saturated rings. The van der Waals surface area contributed by atoms with Crippen molar-refractivity contribution in [2.24, 2.45) is 0 Å². The molecule has 3 aliphatic rings. The lowest BCUT2D eigenvalue weighted by atomic mass is 9.88. The fourth-order valence-electron chi connectivity index (χ4n) is 5.76. The van der Waals surface area contributed by atoms with E-state index in [0.29, 0.717) is 11.3 Å². The first-order valence-corrected chi connectivity index (χ1v) is 12.1. The Balaban J connectivity index is 1.64. The highest BCUT2D eigenvalue weighted by atomic mass is 16.5. The van der Waals surface area contributed by atoms with E-state index < -0.39 is 17.7 Å². The normalized spacial score (nSPS) is 22.9. The van der Waals surface area contributed by atoms with Gasteiger partial charge < -0.3 is 14.7 Å². The summed E-state index contributed by atoms with van der Waals surface area (Å²) >= 11 is 0. The second-order valence-electron chi connectivity index (χ2n) is 9.47. The second-order valence-corrected chi connectivity index (χ2v) is 9.47. The van der Waals surface area contributed by atoms with E-state index in [4.69, 9.17) is 4.74 Å². The molecular weight excluding hydrogens is 414 g/mol. The first kappa shape index (κ1) is 21.7. The number of Topliss-reactive ketones (excluding diaryl/α,β-unsaturated/α-hetero) is 1. The van der Waals surface area contributed by atoms with Gasteiger partial charge in [-0.3, -0.25) is 9.59 Å². The highest BCUT2D eigenvalue weighted by Gasteiger charge is 2.49. The molecule has 0 bridgehead atoms. The molecule has 1 saturated carbocycles. The van der Waals surface area contributed by atoms with Gasteiger partial charge in [0.05, 0.1) is 18.7 Å². The quantitative estimate of drug-likeness (QED) is 0.392. The Labute approximate surface area is 195 Å². The second kappa shape index (κ2) is 9.05. The minimum atomic E-state index is -0.612. The van der Waals surface area contributed by atoms with Crippen LogP contribution in [0.15, 0.2) is 48.0 Å². The maximum atomic E-state index is 13.4. The summed E-state index contributed by atoms with van der Waals surface area (Å²) in [5.74, 6) is -0.513. The van der Waals surface area contributed by atoms with Crippen LogP contribution in [0.5, 0.6) is 5.75 Å². The summed E-state index contributed by atoms with van der Waals surface area (Å²) in [6.45, 7) is 0. The lowest BCUT2D eigenvalue weighted by molar-refractivity contribution is -0.141. The van der Waals surface area contributed by atoms with Gasteiger partial charge in [0, 0.05) is 11.6 Å².